The van der Waals surface area contributed by atoms with Crippen molar-refractivity contribution in [3.8, 4) is 0 Å². The van der Waals surface area contributed by atoms with Crippen LogP contribution in [0.2, 0.25) is 0 Å². The second-order valence-electron chi connectivity index (χ2n) is 9.59. The van der Waals surface area contributed by atoms with Crippen LogP contribution in [0, 0.1) is 11.8 Å². The first-order chi connectivity index (χ1) is 14.5. The Balaban J connectivity index is 1.45. The van der Waals surface area contributed by atoms with Crippen LogP contribution < -0.4 is 11.1 Å². The molecule has 0 aromatic carbocycles. The molecule has 168 valence electrons. The number of ether oxygens (including phenoxy) is 1. The number of carbonyl (C=O) groups excluding carboxylic acids is 3. The van der Waals surface area contributed by atoms with Gasteiger partial charge in [-0.15, -0.1) is 0 Å². The third kappa shape index (κ3) is 4.97. The van der Waals surface area contributed by atoms with E-state index in [9.17, 15) is 14.4 Å². The summed E-state index contributed by atoms with van der Waals surface area (Å²) in [6, 6.07) is -0.251. The van der Waals surface area contributed by atoms with Crippen LogP contribution in [0.1, 0.15) is 57.8 Å². The predicted octanol–water partition coefficient (Wildman–Crippen LogP) is 0.637. The minimum Gasteiger partial charge on any atom is -0.383 e. The molecule has 8 nitrogen and oxygen atoms in total. The van der Waals surface area contributed by atoms with Crippen LogP contribution in [0.15, 0.2) is 0 Å². The number of hydrogen-bond acceptors (Lipinski definition) is 5. The SMILES string of the molecule is COCCN(C(=O)C1CC1)C1CC(C(=O)NC2CCC(N)CC2)N(C(=O)C2CC2)C1. The van der Waals surface area contributed by atoms with Gasteiger partial charge in [-0.25, -0.2) is 0 Å². The first-order valence-corrected chi connectivity index (χ1v) is 11.6. The Labute approximate surface area is 178 Å². The maximum absolute atomic E-state index is 13.2. The average molecular weight is 421 g/mol. The molecule has 1 saturated heterocycles. The molecule has 3 N–H and O–H groups in total. The lowest BCUT2D eigenvalue weighted by molar-refractivity contribution is -0.140. The van der Waals surface area contributed by atoms with E-state index in [-0.39, 0.29) is 47.7 Å². The van der Waals surface area contributed by atoms with Crippen LogP contribution in [-0.2, 0) is 19.1 Å². The fourth-order valence-corrected chi connectivity index (χ4v) is 4.88. The minimum absolute atomic E-state index is 0.0540. The molecule has 4 aliphatic rings. The Kier molecular flexibility index (Phi) is 6.63. The van der Waals surface area contributed by atoms with Crippen molar-refractivity contribution in [2.75, 3.05) is 26.8 Å². The number of amides is 3. The Hall–Kier alpha value is -1.67. The molecule has 4 fully saturated rings. The fraction of sp³-hybridized carbons (Fsp3) is 0.864. The molecule has 3 saturated carbocycles. The van der Waals surface area contributed by atoms with E-state index >= 15 is 0 Å². The number of nitrogens with two attached hydrogens (primary N) is 1. The summed E-state index contributed by atoms with van der Waals surface area (Å²) >= 11 is 0. The van der Waals surface area contributed by atoms with Gasteiger partial charge in [0, 0.05) is 44.1 Å². The van der Waals surface area contributed by atoms with Crippen molar-refractivity contribution in [2.45, 2.75) is 82.0 Å². The highest BCUT2D eigenvalue weighted by Gasteiger charge is 2.48. The molecule has 0 spiro atoms. The summed E-state index contributed by atoms with van der Waals surface area (Å²) in [6.45, 7) is 1.42. The van der Waals surface area contributed by atoms with Gasteiger partial charge in [0.15, 0.2) is 0 Å². The second-order valence-corrected chi connectivity index (χ2v) is 9.59. The second kappa shape index (κ2) is 9.22. The van der Waals surface area contributed by atoms with E-state index in [1.165, 1.54) is 0 Å². The van der Waals surface area contributed by atoms with Crippen molar-refractivity contribution < 1.29 is 19.1 Å². The van der Waals surface area contributed by atoms with Gasteiger partial charge in [-0.05, 0) is 57.8 Å². The highest BCUT2D eigenvalue weighted by Crippen LogP contribution is 2.37. The first-order valence-electron chi connectivity index (χ1n) is 11.6. The van der Waals surface area contributed by atoms with E-state index in [1.807, 2.05) is 4.90 Å². The standard InChI is InChI=1S/C22H36N4O4/c1-30-11-10-25(21(28)14-2-3-14)18-12-19(26(13-18)22(29)15-4-5-15)20(27)24-17-8-6-16(23)7-9-17/h14-19H,2-13,23H2,1H3,(H,24,27). The minimum atomic E-state index is -0.490. The van der Waals surface area contributed by atoms with Gasteiger partial charge in [0.1, 0.15) is 6.04 Å². The molecule has 3 amide bonds. The van der Waals surface area contributed by atoms with Gasteiger partial charge < -0.3 is 25.6 Å². The fourth-order valence-electron chi connectivity index (χ4n) is 4.88. The van der Waals surface area contributed by atoms with Crippen molar-refractivity contribution in [2.24, 2.45) is 17.6 Å². The third-order valence-corrected chi connectivity index (χ3v) is 7.10. The number of methoxy groups -OCH3 is 1. The van der Waals surface area contributed by atoms with Gasteiger partial charge in [0.2, 0.25) is 17.7 Å². The van der Waals surface area contributed by atoms with Crippen molar-refractivity contribution >= 4 is 17.7 Å². The maximum Gasteiger partial charge on any atom is 0.243 e. The van der Waals surface area contributed by atoms with Gasteiger partial charge in [-0.1, -0.05) is 0 Å². The topological polar surface area (TPSA) is 105 Å². The number of carbonyl (C=O) groups is 3. The van der Waals surface area contributed by atoms with E-state index in [0.717, 1.165) is 51.4 Å². The molecule has 30 heavy (non-hydrogen) atoms. The molecule has 4 rings (SSSR count). The molecular formula is C22H36N4O4. The quantitative estimate of drug-likeness (QED) is 0.599. The van der Waals surface area contributed by atoms with Gasteiger partial charge in [0.25, 0.3) is 0 Å². The molecule has 8 heteroatoms. The lowest BCUT2D eigenvalue weighted by Gasteiger charge is -2.30. The van der Waals surface area contributed by atoms with Crippen LogP contribution in [0.4, 0.5) is 0 Å². The van der Waals surface area contributed by atoms with Gasteiger partial charge in [-0.2, -0.15) is 0 Å². The van der Waals surface area contributed by atoms with Crippen molar-refractivity contribution in [1.82, 2.24) is 15.1 Å². The van der Waals surface area contributed by atoms with Crippen molar-refractivity contribution in [1.29, 1.82) is 0 Å². The maximum atomic E-state index is 13.2. The Morgan fingerprint density at radius 2 is 1.70 bits per heavy atom. The summed E-state index contributed by atoms with van der Waals surface area (Å²) in [7, 11) is 1.63. The van der Waals surface area contributed by atoms with E-state index in [4.69, 9.17) is 10.5 Å². The zero-order chi connectivity index (χ0) is 21.3. The summed E-state index contributed by atoms with van der Waals surface area (Å²) in [4.78, 5) is 42.7. The average Bonchev–Trinajstić information content (AvgIpc) is 3.66. The number of nitrogens with zero attached hydrogens (tertiary/aromatic N) is 2. The van der Waals surface area contributed by atoms with E-state index in [2.05, 4.69) is 5.32 Å². The number of rotatable bonds is 8. The zero-order valence-electron chi connectivity index (χ0n) is 18.1. The third-order valence-electron chi connectivity index (χ3n) is 7.10. The number of likely N-dealkylation sites (tertiary alicyclic amines) is 1. The lowest BCUT2D eigenvalue weighted by Crippen LogP contribution is -2.50. The van der Waals surface area contributed by atoms with Crippen molar-refractivity contribution in [3.05, 3.63) is 0 Å². The summed E-state index contributed by atoms with van der Waals surface area (Å²) in [5.74, 6) is 0.316. The van der Waals surface area contributed by atoms with Crippen LogP contribution >= 0.6 is 0 Å². The lowest BCUT2D eigenvalue weighted by atomic mass is 9.91. The van der Waals surface area contributed by atoms with Crippen molar-refractivity contribution in [3.63, 3.8) is 0 Å². The summed E-state index contributed by atoms with van der Waals surface area (Å²) in [6.07, 6.45) is 7.82. The Morgan fingerprint density at radius 1 is 1.03 bits per heavy atom. The first kappa shape index (κ1) is 21.6. The molecular weight excluding hydrogens is 384 g/mol. The molecule has 0 aromatic rings. The molecule has 2 atom stereocenters. The summed E-state index contributed by atoms with van der Waals surface area (Å²) in [5.41, 5.74) is 5.99. The molecule has 0 aromatic heterocycles. The number of nitrogens with one attached hydrogen (secondary N) is 1. The predicted molar refractivity (Wildman–Crippen MR) is 111 cm³/mol. The molecule has 1 heterocycles. The Bertz CT molecular complexity index is 656. The highest BCUT2D eigenvalue weighted by molar-refractivity contribution is 5.90. The molecule has 2 unspecified atom stereocenters. The summed E-state index contributed by atoms with van der Waals surface area (Å²) < 4.78 is 5.22. The van der Waals surface area contributed by atoms with E-state index in [1.54, 1.807) is 12.0 Å². The normalized spacial score (nSPS) is 31.5. The molecule has 0 bridgehead atoms. The van der Waals surface area contributed by atoms with Gasteiger partial charge in [-0.3, -0.25) is 14.4 Å². The van der Waals surface area contributed by atoms with E-state index in [0.29, 0.717) is 26.1 Å². The largest absolute Gasteiger partial charge is 0.383 e. The van der Waals surface area contributed by atoms with Crippen LogP contribution in [-0.4, -0.2) is 78.5 Å². The highest BCUT2D eigenvalue weighted by atomic mass is 16.5. The summed E-state index contributed by atoms with van der Waals surface area (Å²) in [5, 5.41) is 3.18. The smallest absolute Gasteiger partial charge is 0.243 e. The monoisotopic (exact) mass is 420 g/mol. The Morgan fingerprint density at radius 3 is 2.30 bits per heavy atom. The molecule has 1 aliphatic heterocycles. The van der Waals surface area contributed by atoms with Gasteiger partial charge >= 0.3 is 0 Å². The zero-order valence-corrected chi connectivity index (χ0v) is 18.1. The van der Waals surface area contributed by atoms with Crippen LogP contribution in [0.5, 0.6) is 0 Å². The van der Waals surface area contributed by atoms with Gasteiger partial charge in [0.05, 0.1) is 12.6 Å². The molecule has 0 radical (unpaired) electrons. The number of hydrogen-bond donors (Lipinski definition) is 2. The van der Waals surface area contributed by atoms with Crippen LogP contribution in [0.3, 0.4) is 0 Å². The van der Waals surface area contributed by atoms with Crippen LogP contribution in [0.25, 0.3) is 0 Å². The molecule has 3 aliphatic carbocycles. The van der Waals surface area contributed by atoms with E-state index < -0.39 is 6.04 Å².